The molecule has 1 unspecified atom stereocenters. The fourth-order valence-electron chi connectivity index (χ4n) is 2.91. The number of para-hydroxylation sites is 1. The quantitative estimate of drug-likeness (QED) is 0.893. The van der Waals surface area contributed by atoms with Gasteiger partial charge in [-0.25, -0.2) is 4.39 Å². The average molecular weight is 348 g/mol. The van der Waals surface area contributed by atoms with E-state index in [1.807, 2.05) is 24.3 Å². The van der Waals surface area contributed by atoms with Gasteiger partial charge in [0, 0.05) is 30.7 Å². The van der Waals surface area contributed by atoms with Crippen LogP contribution >= 0.6 is 11.6 Å². The fourth-order valence-corrected chi connectivity index (χ4v) is 3.11. The molecule has 4 nitrogen and oxygen atoms in total. The summed E-state index contributed by atoms with van der Waals surface area (Å²) in [6.45, 7) is 2.49. The van der Waals surface area contributed by atoms with E-state index in [-0.39, 0.29) is 24.2 Å². The monoisotopic (exact) mass is 347 g/mol. The summed E-state index contributed by atoms with van der Waals surface area (Å²) in [5.41, 5.74) is 1.27. The summed E-state index contributed by atoms with van der Waals surface area (Å²) in [4.78, 5) is 14.4. The van der Waals surface area contributed by atoms with Crippen molar-refractivity contribution >= 4 is 23.2 Å². The molecular weight excluding hydrogens is 329 g/mol. The Kier molecular flexibility index (Phi) is 5.45. The Morgan fingerprint density at radius 2 is 2.12 bits per heavy atom. The van der Waals surface area contributed by atoms with Crippen molar-refractivity contribution < 1.29 is 9.18 Å². The number of hydrogen-bond acceptors (Lipinski definition) is 3. The van der Waals surface area contributed by atoms with E-state index in [4.69, 9.17) is 11.6 Å². The summed E-state index contributed by atoms with van der Waals surface area (Å²) in [5, 5.41) is 6.65. The molecular formula is C18H19ClFN3O. The van der Waals surface area contributed by atoms with E-state index in [1.54, 1.807) is 18.2 Å². The van der Waals surface area contributed by atoms with Gasteiger partial charge in [0.1, 0.15) is 5.82 Å². The normalized spacial score (nSPS) is 18.3. The molecule has 2 N–H and O–H groups in total. The second kappa shape index (κ2) is 7.75. The van der Waals surface area contributed by atoms with Crippen molar-refractivity contribution in [1.82, 2.24) is 10.2 Å². The standard InChI is InChI=1S/C18H19ClFN3O/c19-14-5-3-4-13(10-14)17-11-21-8-9-23(17)12-18(24)22-16-7-2-1-6-15(16)20/h1-7,10,17,21H,8-9,11-12H2,(H,22,24). The first-order chi connectivity index (χ1) is 11.6. The summed E-state index contributed by atoms with van der Waals surface area (Å²) >= 11 is 6.08. The van der Waals surface area contributed by atoms with Gasteiger partial charge in [0.2, 0.25) is 5.91 Å². The van der Waals surface area contributed by atoms with E-state index >= 15 is 0 Å². The Morgan fingerprint density at radius 3 is 2.92 bits per heavy atom. The van der Waals surface area contributed by atoms with Crippen LogP contribution in [0.4, 0.5) is 10.1 Å². The molecule has 24 heavy (non-hydrogen) atoms. The third-order valence-corrected chi connectivity index (χ3v) is 4.32. The molecule has 0 spiro atoms. The zero-order valence-corrected chi connectivity index (χ0v) is 13.9. The summed E-state index contributed by atoms with van der Waals surface area (Å²) in [5.74, 6) is -0.661. The van der Waals surface area contributed by atoms with E-state index in [0.717, 1.165) is 25.2 Å². The Morgan fingerprint density at radius 1 is 1.29 bits per heavy atom. The number of nitrogens with zero attached hydrogens (tertiary/aromatic N) is 1. The first kappa shape index (κ1) is 16.9. The smallest absolute Gasteiger partial charge is 0.238 e. The number of piperazine rings is 1. The van der Waals surface area contributed by atoms with Crippen LogP contribution in [0.1, 0.15) is 11.6 Å². The number of halogens is 2. The maximum Gasteiger partial charge on any atom is 0.238 e. The van der Waals surface area contributed by atoms with Gasteiger partial charge in [-0.15, -0.1) is 0 Å². The molecule has 1 heterocycles. The molecule has 0 aliphatic carbocycles. The van der Waals surface area contributed by atoms with Crippen LogP contribution in [0.3, 0.4) is 0 Å². The lowest BCUT2D eigenvalue weighted by Crippen LogP contribution is -2.48. The highest BCUT2D eigenvalue weighted by Crippen LogP contribution is 2.24. The maximum atomic E-state index is 13.7. The lowest BCUT2D eigenvalue weighted by atomic mass is 10.0. The van der Waals surface area contributed by atoms with E-state index in [2.05, 4.69) is 15.5 Å². The number of rotatable bonds is 4. The van der Waals surface area contributed by atoms with Crippen molar-refractivity contribution in [3.63, 3.8) is 0 Å². The Bertz CT molecular complexity index is 725. The van der Waals surface area contributed by atoms with Crippen molar-refractivity contribution in [2.45, 2.75) is 6.04 Å². The van der Waals surface area contributed by atoms with Crippen LogP contribution in [0, 0.1) is 5.82 Å². The molecule has 2 aromatic carbocycles. The highest BCUT2D eigenvalue weighted by molar-refractivity contribution is 6.30. The van der Waals surface area contributed by atoms with E-state index in [1.165, 1.54) is 6.07 Å². The minimum atomic E-state index is -0.433. The summed E-state index contributed by atoms with van der Waals surface area (Å²) in [6, 6.07) is 13.9. The molecule has 0 saturated carbocycles. The lowest BCUT2D eigenvalue weighted by molar-refractivity contribution is -0.118. The molecule has 1 saturated heterocycles. The zero-order chi connectivity index (χ0) is 16.9. The molecule has 126 valence electrons. The fraction of sp³-hybridized carbons (Fsp3) is 0.278. The molecule has 6 heteroatoms. The molecule has 0 aromatic heterocycles. The number of nitrogens with one attached hydrogen (secondary N) is 2. The highest BCUT2D eigenvalue weighted by Gasteiger charge is 2.25. The van der Waals surface area contributed by atoms with Gasteiger partial charge in [0.25, 0.3) is 0 Å². The zero-order valence-electron chi connectivity index (χ0n) is 13.1. The molecule has 2 aromatic rings. The van der Waals surface area contributed by atoms with Crippen molar-refractivity contribution in [2.24, 2.45) is 0 Å². The van der Waals surface area contributed by atoms with E-state index in [9.17, 15) is 9.18 Å². The molecule has 1 atom stereocenters. The molecule has 0 radical (unpaired) electrons. The highest BCUT2D eigenvalue weighted by atomic mass is 35.5. The van der Waals surface area contributed by atoms with Crippen LogP contribution in [0.5, 0.6) is 0 Å². The Hall–Kier alpha value is -1.95. The van der Waals surface area contributed by atoms with E-state index in [0.29, 0.717) is 5.02 Å². The van der Waals surface area contributed by atoms with Gasteiger partial charge in [-0.05, 0) is 29.8 Å². The molecule has 1 amide bonds. The van der Waals surface area contributed by atoms with Crippen LogP contribution < -0.4 is 10.6 Å². The Labute approximate surface area is 145 Å². The SMILES string of the molecule is O=C(CN1CCNCC1c1cccc(Cl)c1)Nc1ccccc1F. The largest absolute Gasteiger partial charge is 0.322 e. The minimum Gasteiger partial charge on any atom is -0.322 e. The second-order valence-corrected chi connectivity index (χ2v) is 6.21. The number of hydrogen-bond donors (Lipinski definition) is 2. The minimum absolute atomic E-state index is 0.0591. The number of carbonyl (C=O) groups excluding carboxylic acids is 1. The molecule has 1 aliphatic heterocycles. The number of anilines is 1. The molecule has 0 bridgehead atoms. The average Bonchev–Trinajstić information content (AvgIpc) is 2.57. The van der Waals surface area contributed by atoms with Crippen LogP contribution in [-0.4, -0.2) is 37.0 Å². The molecule has 1 aliphatic rings. The van der Waals surface area contributed by atoms with Gasteiger partial charge >= 0.3 is 0 Å². The van der Waals surface area contributed by atoms with Crippen LogP contribution in [0.25, 0.3) is 0 Å². The second-order valence-electron chi connectivity index (χ2n) is 5.77. The van der Waals surface area contributed by atoms with Crippen molar-refractivity contribution in [3.8, 4) is 0 Å². The summed E-state index contributed by atoms with van der Waals surface area (Å²) in [6.07, 6.45) is 0. The van der Waals surface area contributed by atoms with Gasteiger partial charge in [0.15, 0.2) is 0 Å². The third kappa shape index (κ3) is 4.12. The maximum absolute atomic E-state index is 13.7. The predicted molar refractivity (Wildman–Crippen MR) is 93.7 cm³/mol. The summed E-state index contributed by atoms with van der Waals surface area (Å²) in [7, 11) is 0. The summed E-state index contributed by atoms with van der Waals surface area (Å²) < 4.78 is 13.7. The van der Waals surface area contributed by atoms with E-state index < -0.39 is 5.82 Å². The van der Waals surface area contributed by atoms with Gasteiger partial charge in [-0.2, -0.15) is 0 Å². The molecule has 3 rings (SSSR count). The Balaban J connectivity index is 1.70. The number of carbonyl (C=O) groups is 1. The van der Waals surface area contributed by atoms with Gasteiger partial charge < -0.3 is 10.6 Å². The van der Waals surface area contributed by atoms with Crippen molar-refractivity contribution in [2.75, 3.05) is 31.5 Å². The van der Waals surface area contributed by atoms with Gasteiger partial charge in [-0.3, -0.25) is 9.69 Å². The van der Waals surface area contributed by atoms with Crippen LogP contribution in [0.15, 0.2) is 48.5 Å². The van der Waals surface area contributed by atoms with Crippen molar-refractivity contribution in [1.29, 1.82) is 0 Å². The number of amides is 1. The van der Waals surface area contributed by atoms with Gasteiger partial charge in [-0.1, -0.05) is 35.9 Å². The number of benzene rings is 2. The first-order valence-corrected chi connectivity index (χ1v) is 8.26. The van der Waals surface area contributed by atoms with Crippen LogP contribution in [0.2, 0.25) is 5.02 Å². The topological polar surface area (TPSA) is 44.4 Å². The van der Waals surface area contributed by atoms with Gasteiger partial charge in [0.05, 0.1) is 12.2 Å². The molecule has 1 fully saturated rings. The first-order valence-electron chi connectivity index (χ1n) is 7.88. The predicted octanol–water partition coefficient (Wildman–Crippen LogP) is 3.06. The third-order valence-electron chi connectivity index (χ3n) is 4.08. The van der Waals surface area contributed by atoms with Crippen molar-refractivity contribution in [3.05, 3.63) is 64.9 Å². The van der Waals surface area contributed by atoms with Crippen LogP contribution in [-0.2, 0) is 4.79 Å². The lowest BCUT2D eigenvalue weighted by Gasteiger charge is -2.36.